The summed E-state index contributed by atoms with van der Waals surface area (Å²) in [6, 6.07) is 0.379. The molecule has 0 aromatic carbocycles. The first-order chi connectivity index (χ1) is 7.77. The van der Waals surface area contributed by atoms with Crippen LogP contribution in [0.3, 0.4) is 0 Å². The van der Waals surface area contributed by atoms with Crippen LogP contribution in [0, 0.1) is 5.92 Å². The van der Waals surface area contributed by atoms with Crippen LogP contribution in [0.15, 0.2) is 12.2 Å². The van der Waals surface area contributed by atoms with E-state index in [1.807, 2.05) is 0 Å². The Morgan fingerprint density at radius 2 is 2.00 bits per heavy atom. The molecule has 2 aliphatic rings. The van der Waals surface area contributed by atoms with Crippen molar-refractivity contribution < 1.29 is 4.79 Å². The van der Waals surface area contributed by atoms with Gasteiger partial charge in [-0.2, -0.15) is 0 Å². The molecule has 1 saturated carbocycles. The summed E-state index contributed by atoms with van der Waals surface area (Å²) < 4.78 is 0. The summed E-state index contributed by atoms with van der Waals surface area (Å²) in [7, 11) is 0. The highest BCUT2D eigenvalue weighted by molar-refractivity contribution is 5.79. The predicted octanol–water partition coefficient (Wildman–Crippen LogP) is 1.73. The second-order valence-electron chi connectivity index (χ2n) is 5.04. The lowest BCUT2D eigenvalue weighted by Gasteiger charge is -2.31. The fourth-order valence-corrected chi connectivity index (χ4v) is 2.67. The smallest absolute Gasteiger partial charge is 0.223 e. The molecule has 2 rings (SSSR count). The molecule has 0 aliphatic heterocycles. The van der Waals surface area contributed by atoms with Gasteiger partial charge in [-0.1, -0.05) is 25.0 Å². The third-order valence-corrected chi connectivity index (χ3v) is 3.79. The maximum atomic E-state index is 12.0. The normalized spacial score (nSPS) is 34.7. The third-order valence-electron chi connectivity index (χ3n) is 3.79. The van der Waals surface area contributed by atoms with Gasteiger partial charge in [0.25, 0.3) is 0 Å². The maximum Gasteiger partial charge on any atom is 0.223 e. The Hall–Kier alpha value is -0.830. The lowest BCUT2D eigenvalue weighted by Crippen LogP contribution is -2.50. The van der Waals surface area contributed by atoms with E-state index >= 15 is 0 Å². The van der Waals surface area contributed by atoms with Crippen molar-refractivity contribution in [1.29, 1.82) is 0 Å². The number of nitrogens with one attached hydrogen (secondary N) is 1. The summed E-state index contributed by atoms with van der Waals surface area (Å²) >= 11 is 0. The van der Waals surface area contributed by atoms with Crippen LogP contribution in [0.25, 0.3) is 0 Å². The molecule has 0 aromatic rings. The lowest BCUT2D eigenvalue weighted by molar-refractivity contribution is -0.126. The van der Waals surface area contributed by atoms with Crippen LogP contribution < -0.4 is 11.1 Å². The summed E-state index contributed by atoms with van der Waals surface area (Å²) in [5, 5.41) is 3.14. The van der Waals surface area contributed by atoms with Crippen molar-refractivity contribution in [2.45, 2.75) is 57.0 Å². The second-order valence-corrected chi connectivity index (χ2v) is 5.04. The number of nitrogens with two attached hydrogens (primary N) is 1. The van der Waals surface area contributed by atoms with Crippen molar-refractivity contribution in [2.24, 2.45) is 11.7 Å². The quantitative estimate of drug-likeness (QED) is 0.699. The van der Waals surface area contributed by atoms with E-state index in [0.717, 1.165) is 32.1 Å². The monoisotopic (exact) mass is 222 g/mol. The van der Waals surface area contributed by atoms with Gasteiger partial charge in [0.2, 0.25) is 5.91 Å². The Kier molecular flexibility index (Phi) is 3.99. The molecule has 0 bridgehead atoms. The van der Waals surface area contributed by atoms with E-state index < -0.39 is 0 Å². The zero-order valence-electron chi connectivity index (χ0n) is 9.82. The SMILES string of the molecule is N[C@@H]1CCCC[C@H]1NC(=O)C1CC=CCC1. The molecule has 0 radical (unpaired) electrons. The lowest BCUT2D eigenvalue weighted by atomic mass is 9.89. The summed E-state index contributed by atoms with van der Waals surface area (Å²) in [5.74, 6) is 0.394. The number of hydrogen-bond acceptors (Lipinski definition) is 2. The molecule has 90 valence electrons. The molecule has 1 amide bonds. The molecule has 16 heavy (non-hydrogen) atoms. The molecule has 0 heterocycles. The van der Waals surface area contributed by atoms with Crippen molar-refractivity contribution >= 4 is 5.91 Å². The van der Waals surface area contributed by atoms with E-state index in [-0.39, 0.29) is 23.9 Å². The summed E-state index contributed by atoms with van der Waals surface area (Å²) in [5.41, 5.74) is 6.03. The Labute approximate surface area is 97.5 Å². The standard InChI is InChI=1S/C13H22N2O/c14-11-8-4-5-9-12(11)15-13(16)10-6-2-1-3-7-10/h1-2,10-12H,3-9,14H2,(H,15,16)/t10?,11-,12-/m1/s1. The molecule has 0 aromatic heterocycles. The van der Waals surface area contributed by atoms with Crippen molar-refractivity contribution in [1.82, 2.24) is 5.32 Å². The molecule has 1 fully saturated rings. The summed E-state index contributed by atoms with van der Waals surface area (Å²) in [6.45, 7) is 0. The zero-order valence-corrected chi connectivity index (χ0v) is 9.82. The fourth-order valence-electron chi connectivity index (χ4n) is 2.67. The first-order valence-electron chi connectivity index (χ1n) is 6.48. The van der Waals surface area contributed by atoms with E-state index in [2.05, 4.69) is 17.5 Å². The molecule has 3 heteroatoms. The van der Waals surface area contributed by atoms with E-state index in [9.17, 15) is 4.79 Å². The highest BCUT2D eigenvalue weighted by atomic mass is 16.1. The molecule has 0 spiro atoms. The van der Waals surface area contributed by atoms with Crippen LogP contribution in [0.1, 0.15) is 44.9 Å². The van der Waals surface area contributed by atoms with Gasteiger partial charge in [0.15, 0.2) is 0 Å². The number of carbonyl (C=O) groups excluding carboxylic acids is 1. The number of allylic oxidation sites excluding steroid dienone is 2. The number of rotatable bonds is 2. The van der Waals surface area contributed by atoms with Crippen molar-refractivity contribution in [3.05, 3.63) is 12.2 Å². The average molecular weight is 222 g/mol. The second kappa shape index (κ2) is 5.48. The Morgan fingerprint density at radius 1 is 1.19 bits per heavy atom. The van der Waals surface area contributed by atoms with Gasteiger partial charge >= 0.3 is 0 Å². The van der Waals surface area contributed by atoms with Gasteiger partial charge in [0, 0.05) is 18.0 Å². The third kappa shape index (κ3) is 2.85. The molecule has 3 N–H and O–H groups in total. The van der Waals surface area contributed by atoms with Crippen LogP contribution in [0.4, 0.5) is 0 Å². The van der Waals surface area contributed by atoms with Crippen LogP contribution in [0.2, 0.25) is 0 Å². The van der Waals surface area contributed by atoms with Crippen LogP contribution >= 0.6 is 0 Å². The van der Waals surface area contributed by atoms with Crippen molar-refractivity contribution in [3.63, 3.8) is 0 Å². The molecule has 1 unspecified atom stereocenters. The first-order valence-corrected chi connectivity index (χ1v) is 6.48. The molecule has 2 aliphatic carbocycles. The fraction of sp³-hybridized carbons (Fsp3) is 0.769. The Morgan fingerprint density at radius 3 is 2.69 bits per heavy atom. The van der Waals surface area contributed by atoms with Gasteiger partial charge in [-0.3, -0.25) is 4.79 Å². The van der Waals surface area contributed by atoms with Crippen LogP contribution in [-0.2, 0) is 4.79 Å². The minimum absolute atomic E-state index is 0.164. The van der Waals surface area contributed by atoms with Gasteiger partial charge in [0.05, 0.1) is 0 Å². The van der Waals surface area contributed by atoms with E-state index in [0.29, 0.717) is 0 Å². The summed E-state index contributed by atoms with van der Waals surface area (Å²) in [4.78, 5) is 12.0. The Balaban J connectivity index is 1.83. The number of carbonyl (C=O) groups is 1. The van der Waals surface area contributed by atoms with Crippen molar-refractivity contribution in [3.8, 4) is 0 Å². The zero-order chi connectivity index (χ0) is 11.4. The van der Waals surface area contributed by atoms with Gasteiger partial charge in [-0.25, -0.2) is 0 Å². The minimum atomic E-state index is 0.164. The first kappa shape index (κ1) is 11.6. The minimum Gasteiger partial charge on any atom is -0.352 e. The largest absolute Gasteiger partial charge is 0.352 e. The topological polar surface area (TPSA) is 55.1 Å². The summed E-state index contributed by atoms with van der Waals surface area (Å²) in [6.07, 6.45) is 11.7. The van der Waals surface area contributed by atoms with Crippen LogP contribution in [0.5, 0.6) is 0 Å². The number of hydrogen-bond donors (Lipinski definition) is 2. The van der Waals surface area contributed by atoms with Gasteiger partial charge in [-0.15, -0.1) is 0 Å². The van der Waals surface area contributed by atoms with Crippen molar-refractivity contribution in [2.75, 3.05) is 0 Å². The molecule has 0 saturated heterocycles. The molecule has 3 nitrogen and oxygen atoms in total. The maximum absolute atomic E-state index is 12.0. The van der Waals surface area contributed by atoms with E-state index in [4.69, 9.17) is 5.73 Å². The molecule has 3 atom stereocenters. The van der Waals surface area contributed by atoms with Gasteiger partial charge < -0.3 is 11.1 Å². The molecular weight excluding hydrogens is 200 g/mol. The highest BCUT2D eigenvalue weighted by Crippen LogP contribution is 2.21. The van der Waals surface area contributed by atoms with Gasteiger partial charge in [-0.05, 0) is 32.1 Å². The van der Waals surface area contributed by atoms with Gasteiger partial charge in [0.1, 0.15) is 0 Å². The van der Waals surface area contributed by atoms with E-state index in [1.54, 1.807) is 0 Å². The van der Waals surface area contributed by atoms with E-state index in [1.165, 1.54) is 12.8 Å². The van der Waals surface area contributed by atoms with Crippen LogP contribution in [-0.4, -0.2) is 18.0 Å². The number of amides is 1. The predicted molar refractivity (Wildman–Crippen MR) is 64.9 cm³/mol. The average Bonchev–Trinajstić information content (AvgIpc) is 2.33. The highest BCUT2D eigenvalue weighted by Gasteiger charge is 2.26. The molecular formula is C13H22N2O. The Bertz CT molecular complexity index is 275.